The highest BCUT2D eigenvalue weighted by Gasteiger charge is 2.25. The average molecular weight is 231 g/mol. The molecule has 88 valence electrons. The van der Waals surface area contributed by atoms with E-state index < -0.39 is 0 Å². The van der Waals surface area contributed by atoms with Crippen LogP contribution in [-0.2, 0) is 13.1 Å². The second kappa shape index (κ2) is 3.49. The van der Waals surface area contributed by atoms with Gasteiger partial charge in [-0.25, -0.2) is 0 Å². The second-order valence-electron chi connectivity index (χ2n) is 4.36. The van der Waals surface area contributed by atoms with Gasteiger partial charge in [0.25, 0.3) is 5.56 Å². The number of aromatic nitrogens is 2. The smallest absolute Gasteiger partial charge is 0.269 e. The van der Waals surface area contributed by atoms with Crippen LogP contribution >= 0.6 is 0 Å². The first kappa shape index (κ1) is 10.2. The lowest BCUT2D eigenvalue weighted by atomic mass is 10.2. The summed E-state index contributed by atoms with van der Waals surface area (Å²) in [5.41, 5.74) is 2.25. The van der Waals surface area contributed by atoms with Gasteiger partial charge in [-0.05, 0) is 19.2 Å². The molecule has 0 saturated heterocycles. The minimum atomic E-state index is -0.0763. The van der Waals surface area contributed by atoms with Crippen molar-refractivity contribution >= 4 is 0 Å². The molecule has 0 saturated carbocycles. The molecule has 0 aliphatic carbocycles. The van der Waals surface area contributed by atoms with E-state index in [0.717, 1.165) is 11.3 Å². The van der Waals surface area contributed by atoms with E-state index in [9.17, 15) is 9.90 Å². The number of para-hydroxylation sites is 2. The van der Waals surface area contributed by atoms with Crippen molar-refractivity contribution in [2.75, 3.05) is 7.05 Å². The van der Waals surface area contributed by atoms with Gasteiger partial charge >= 0.3 is 0 Å². The van der Waals surface area contributed by atoms with Gasteiger partial charge in [0.1, 0.15) is 11.4 Å². The first-order valence-electron chi connectivity index (χ1n) is 5.46. The van der Waals surface area contributed by atoms with Crippen LogP contribution in [0.15, 0.2) is 29.1 Å². The fourth-order valence-corrected chi connectivity index (χ4v) is 2.27. The number of fused-ring (bicyclic) bond motifs is 1. The van der Waals surface area contributed by atoms with Crippen molar-refractivity contribution in [1.29, 1.82) is 0 Å². The van der Waals surface area contributed by atoms with E-state index in [0.29, 0.717) is 18.8 Å². The molecular formula is C12H13N3O2. The zero-order chi connectivity index (χ0) is 12.0. The Kier molecular flexibility index (Phi) is 2.09. The highest BCUT2D eigenvalue weighted by Crippen LogP contribution is 2.25. The number of hydrogen-bond donors (Lipinski definition) is 2. The molecule has 0 spiro atoms. The molecule has 2 aromatic rings. The highest BCUT2D eigenvalue weighted by molar-refractivity contribution is 5.47. The standard InChI is InChI=1S/C12H13N3O2/c1-14-6-8-10(7-14)15(13-12(8)17)9-4-2-3-5-11(9)16/h2-5,16H,6-7H2,1H3,(H,13,17). The van der Waals surface area contributed by atoms with E-state index in [1.807, 2.05) is 13.1 Å². The Morgan fingerprint density at radius 2 is 2.06 bits per heavy atom. The first-order chi connectivity index (χ1) is 8.16. The van der Waals surface area contributed by atoms with Crippen LogP contribution in [-0.4, -0.2) is 26.8 Å². The largest absolute Gasteiger partial charge is 0.506 e. The number of aromatic amines is 1. The number of nitrogens with one attached hydrogen (secondary N) is 1. The van der Waals surface area contributed by atoms with Gasteiger partial charge in [0.2, 0.25) is 0 Å². The van der Waals surface area contributed by atoms with E-state index >= 15 is 0 Å². The Morgan fingerprint density at radius 3 is 2.82 bits per heavy atom. The van der Waals surface area contributed by atoms with E-state index in [1.165, 1.54) is 0 Å². The zero-order valence-electron chi connectivity index (χ0n) is 9.47. The van der Waals surface area contributed by atoms with Crippen molar-refractivity contribution < 1.29 is 5.11 Å². The van der Waals surface area contributed by atoms with Crippen LogP contribution in [0.25, 0.3) is 5.69 Å². The quantitative estimate of drug-likeness (QED) is 0.763. The Bertz CT molecular complexity index is 627. The summed E-state index contributed by atoms with van der Waals surface area (Å²) in [6.07, 6.45) is 0. The van der Waals surface area contributed by atoms with E-state index in [4.69, 9.17) is 0 Å². The van der Waals surface area contributed by atoms with Crippen molar-refractivity contribution in [3.05, 3.63) is 45.9 Å². The number of hydrogen-bond acceptors (Lipinski definition) is 3. The van der Waals surface area contributed by atoms with Gasteiger partial charge in [-0.15, -0.1) is 0 Å². The van der Waals surface area contributed by atoms with Gasteiger partial charge in [0, 0.05) is 13.1 Å². The van der Waals surface area contributed by atoms with E-state index in [2.05, 4.69) is 10.00 Å². The Hall–Kier alpha value is -2.01. The average Bonchev–Trinajstić information content (AvgIpc) is 2.80. The van der Waals surface area contributed by atoms with Gasteiger partial charge in [-0.2, -0.15) is 0 Å². The highest BCUT2D eigenvalue weighted by atomic mass is 16.3. The lowest BCUT2D eigenvalue weighted by Crippen LogP contribution is -2.16. The van der Waals surface area contributed by atoms with Crippen LogP contribution in [0.4, 0.5) is 0 Å². The summed E-state index contributed by atoms with van der Waals surface area (Å²) in [6.45, 7) is 1.37. The topological polar surface area (TPSA) is 61.3 Å². The summed E-state index contributed by atoms with van der Waals surface area (Å²) < 4.78 is 1.68. The molecule has 0 bridgehead atoms. The SMILES string of the molecule is CN1Cc2c(n(-c3ccccc3O)[nH]c2=O)C1. The van der Waals surface area contributed by atoms with Crippen LogP contribution in [0.1, 0.15) is 11.3 Å². The molecule has 0 fully saturated rings. The molecule has 0 atom stereocenters. The van der Waals surface area contributed by atoms with Crippen molar-refractivity contribution in [3.8, 4) is 11.4 Å². The number of phenols is 1. The maximum Gasteiger partial charge on any atom is 0.269 e. The van der Waals surface area contributed by atoms with Gasteiger partial charge in [0.15, 0.2) is 0 Å². The molecule has 3 rings (SSSR count). The number of phenolic OH excluding ortho intramolecular Hbond substituents is 1. The molecule has 1 aliphatic rings. The summed E-state index contributed by atoms with van der Waals surface area (Å²) in [4.78, 5) is 13.8. The normalized spacial score (nSPS) is 15.1. The van der Waals surface area contributed by atoms with Crippen LogP contribution in [0.3, 0.4) is 0 Å². The maximum atomic E-state index is 11.8. The number of benzene rings is 1. The van der Waals surface area contributed by atoms with Crippen molar-refractivity contribution in [2.24, 2.45) is 0 Å². The maximum absolute atomic E-state index is 11.8. The predicted octanol–water partition coefficient (Wildman–Crippen LogP) is 0.817. The molecule has 0 amide bonds. The minimum absolute atomic E-state index is 0.0763. The molecule has 1 aliphatic heterocycles. The molecular weight excluding hydrogens is 218 g/mol. The molecule has 17 heavy (non-hydrogen) atoms. The third kappa shape index (κ3) is 1.47. The van der Waals surface area contributed by atoms with Crippen LogP contribution in [0.2, 0.25) is 0 Å². The fourth-order valence-electron chi connectivity index (χ4n) is 2.27. The Morgan fingerprint density at radius 1 is 1.29 bits per heavy atom. The van der Waals surface area contributed by atoms with Crippen molar-refractivity contribution in [1.82, 2.24) is 14.7 Å². The summed E-state index contributed by atoms with van der Waals surface area (Å²) >= 11 is 0. The van der Waals surface area contributed by atoms with E-state index in [-0.39, 0.29) is 11.3 Å². The predicted molar refractivity (Wildman–Crippen MR) is 63.2 cm³/mol. The molecule has 5 nitrogen and oxygen atoms in total. The molecule has 2 heterocycles. The molecule has 0 unspecified atom stereocenters. The van der Waals surface area contributed by atoms with Crippen molar-refractivity contribution in [2.45, 2.75) is 13.1 Å². The summed E-state index contributed by atoms with van der Waals surface area (Å²) in [5.74, 6) is 0.163. The molecule has 5 heteroatoms. The number of nitrogens with zero attached hydrogens (tertiary/aromatic N) is 2. The fraction of sp³-hybridized carbons (Fsp3) is 0.250. The van der Waals surface area contributed by atoms with Gasteiger partial charge < -0.3 is 5.11 Å². The molecule has 2 N–H and O–H groups in total. The number of aromatic hydroxyl groups is 1. The minimum Gasteiger partial charge on any atom is -0.506 e. The lowest BCUT2D eigenvalue weighted by molar-refractivity contribution is 0.344. The van der Waals surface area contributed by atoms with E-state index in [1.54, 1.807) is 22.9 Å². The Labute approximate surface area is 97.9 Å². The molecule has 1 aromatic carbocycles. The van der Waals surface area contributed by atoms with Gasteiger partial charge in [-0.1, -0.05) is 12.1 Å². The summed E-state index contributed by atoms with van der Waals surface area (Å²) in [7, 11) is 1.97. The van der Waals surface area contributed by atoms with Gasteiger partial charge in [0.05, 0.1) is 11.3 Å². The van der Waals surface area contributed by atoms with Gasteiger partial charge in [-0.3, -0.25) is 19.5 Å². The zero-order valence-corrected chi connectivity index (χ0v) is 9.47. The third-order valence-corrected chi connectivity index (χ3v) is 3.08. The molecule has 1 aromatic heterocycles. The summed E-state index contributed by atoms with van der Waals surface area (Å²) in [5, 5.41) is 12.6. The van der Waals surface area contributed by atoms with Crippen LogP contribution < -0.4 is 5.56 Å². The number of H-pyrrole nitrogens is 1. The molecule has 0 radical (unpaired) electrons. The van der Waals surface area contributed by atoms with Crippen LogP contribution in [0, 0.1) is 0 Å². The monoisotopic (exact) mass is 231 g/mol. The lowest BCUT2D eigenvalue weighted by Gasteiger charge is -2.10. The Balaban J connectivity index is 2.21. The van der Waals surface area contributed by atoms with Crippen LogP contribution in [0.5, 0.6) is 5.75 Å². The number of rotatable bonds is 1. The second-order valence-corrected chi connectivity index (χ2v) is 4.36. The third-order valence-electron chi connectivity index (χ3n) is 3.08. The van der Waals surface area contributed by atoms with Crippen molar-refractivity contribution in [3.63, 3.8) is 0 Å². The first-order valence-corrected chi connectivity index (χ1v) is 5.46. The summed E-state index contributed by atoms with van der Waals surface area (Å²) in [6, 6.07) is 6.98.